The van der Waals surface area contributed by atoms with Crippen LogP contribution in [0.3, 0.4) is 0 Å². The lowest BCUT2D eigenvalue weighted by molar-refractivity contribution is -0.148. The van der Waals surface area contributed by atoms with Crippen LogP contribution in [0, 0.1) is 0 Å². The molecule has 2 amide bonds. The summed E-state index contributed by atoms with van der Waals surface area (Å²) in [6, 6.07) is 0. The van der Waals surface area contributed by atoms with E-state index in [1.54, 1.807) is 25.8 Å². The maximum atomic E-state index is 11.6. The van der Waals surface area contributed by atoms with E-state index in [2.05, 4.69) is 10.6 Å². The van der Waals surface area contributed by atoms with Crippen LogP contribution in [0.1, 0.15) is 13.8 Å². The molecule has 0 atom stereocenters. The van der Waals surface area contributed by atoms with Crippen LogP contribution >= 0.6 is 0 Å². The van der Waals surface area contributed by atoms with Crippen molar-refractivity contribution in [2.45, 2.75) is 19.4 Å². The van der Waals surface area contributed by atoms with E-state index in [0.29, 0.717) is 13.1 Å². The number of hydrogen-bond acceptors (Lipinski definition) is 3. The molecular weight excluding hydrogens is 182 g/mol. The van der Waals surface area contributed by atoms with E-state index in [1.807, 2.05) is 0 Å². The molecule has 14 heavy (non-hydrogen) atoms. The van der Waals surface area contributed by atoms with E-state index in [0.717, 1.165) is 0 Å². The van der Waals surface area contributed by atoms with Gasteiger partial charge in [0, 0.05) is 13.1 Å². The molecule has 1 fully saturated rings. The van der Waals surface area contributed by atoms with Crippen molar-refractivity contribution in [3.05, 3.63) is 0 Å². The smallest absolute Gasteiger partial charge is 0.245 e. The lowest BCUT2D eigenvalue weighted by atomic mass is 9.99. The van der Waals surface area contributed by atoms with Crippen molar-refractivity contribution in [2.75, 3.05) is 26.7 Å². The summed E-state index contributed by atoms with van der Waals surface area (Å²) in [5.74, 6) is -0.124. The fourth-order valence-electron chi connectivity index (χ4n) is 1.58. The standard InChI is InChI=1S/C9H17N3O2/c1-9(2)8(14)11-4-5-12(9)7(13)6-10-3/h10H,4-6H2,1-3H3,(H,11,14). The zero-order valence-electron chi connectivity index (χ0n) is 8.89. The normalized spacial score (nSPS) is 20.5. The second-order valence-electron chi connectivity index (χ2n) is 3.89. The summed E-state index contributed by atoms with van der Waals surface area (Å²) < 4.78 is 0. The number of nitrogens with zero attached hydrogens (tertiary/aromatic N) is 1. The van der Waals surface area contributed by atoms with E-state index in [9.17, 15) is 9.59 Å². The number of amides is 2. The number of piperazine rings is 1. The summed E-state index contributed by atoms with van der Waals surface area (Å²) >= 11 is 0. The van der Waals surface area contributed by atoms with Gasteiger partial charge in [-0.1, -0.05) is 0 Å². The maximum Gasteiger partial charge on any atom is 0.245 e. The molecular formula is C9H17N3O2. The Bertz CT molecular complexity index is 250. The van der Waals surface area contributed by atoms with Gasteiger partial charge in [0.15, 0.2) is 0 Å². The third kappa shape index (κ3) is 1.87. The largest absolute Gasteiger partial charge is 0.352 e. The van der Waals surface area contributed by atoms with Crippen LogP contribution in [-0.2, 0) is 9.59 Å². The highest BCUT2D eigenvalue weighted by atomic mass is 16.2. The third-order valence-electron chi connectivity index (χ3n) is 2.48. The highest BCUT2D eigenvalue weighted by molar-refractivity contribution is 5.92. The Hall–Kier alpha value is -1.10. The van der Waals surface area contributed by atoms with Gasteiger partial charge in [-0.15, -0.1) is 0 Å². The van der Waals surface area contributed by atoms with Crippen LogP contribution in [0.5, 0.6) is 0 Å². The van der Waals surface area contributed by atoms with Crippen molar-refractivity contribution in [3.8, 4) is 0 Å². The van der Waals surface area contributed by atoms with E-state index >= 15 is 0 Å². The van der Waals surface area contributed by atoms with Gasteiger partial charge in [-0.2, -0.15) is 0 Å². The predicted octanol–water partition coefficient (Wildman–Crippen LogP) is -1.06. The van der Waals surface area contributed by atoms with Crippen molar-refractivity contribution < 1.29 is 9.59 Å². The molecule has 0 spiro atoms. The summed E-state index contributed by atoms with van der Waals surface area (Å²) in [6.07, 6.45) is 0. The molecule has 0 aromatic heterocycles. The average molecular weight is 199 g/mol. The monoisotopic (exact) mass is 199 g/mol. The minimum Gasteiger partial charge on any atom is -0.352 e. The number of carbonyl (C=O) groups excluding carboxylic acids is 2. The molecule has 0 saturated carbocycles. The predicted molar refractivity (Wildman–Crippen MR) is 52.7 cm³/mol. The first-order valence-electron chi connectivity index (χ1n) is 4.73. The highest BCUT2D eigenvalue weighted by Gasteiger charge is 2.39. The number of likely N-dealkylation sites (N-methyl/N-ethyl adjacent to an activating group) is 1. The van der Waals surface area contributed by atoms with Gasteiger partial charge < -0.3 is 15.5 Å². The molecule has 0 aromatic carbocycles. The first-order valence-corrected chi connectivity index (χ1v) is 4.73. The first-order chi connectivity index (χ1) is 6.50. The summed E-state index contributed by atoms with van der Waals surface area (Å²) in [4.78, 5) is 24.8. The van der Waals surface area contributed by atoms with Gasteiger partial charge in [0.1, 0.15) is 5.54 Å². The van der Waals surface area contributed by atoms with Gasteiger partial charge in [-0.3, -0.25) is 9.59 Å². The molecule has 1 aliphatic rings. The van der Waals surface area contributed by atoms with Crippen molar-refractivity contribution in [2.24, 2.45) is 0 Å². The van der Waals surface area contributed by atoms with E-state index in [1.165, 1.54) is 0 Å². The molecule has 2 N–H and O–H groups in total. The molecule has 0 unspecified atom stereocenters. The fraction of sp³-hybridized carbons (Fsp3) is 0.778. The molecule has 5 nitrogen and oxygen atoms in total. The number of carbonyl (C=O) groups is 2. The van der Waals surface area contributed by atoms with E-state index in [4.69, 9.17) is 0 Å². The lowest BCUT2D eigenvalue weighted by Crippen LogP contribution is -2.64. The van der Waals surface area contributed by atoms with Gasteiger partial charge in [0.25, 0.3) is 0 Å². The molecule has 0 radical (unpaired) electrons. The zero-order chi connectivity index (χ0) is 10.8. The fourth-order valence-corrected chi connectivity index (χ4v) is 1.58. The third-order valence-corrected chi connectivity index (χ3v) is 2.48. The lowest BCUT2D eigenvalue weighted by Gasteiger charge is -2.41. The summed E-state index contributed by atoms with van der Waals surface area (Å²) in [5.41, 5.74) is -0.730. The SMILES string of the molecule is CNCC(=O)N1CCNC(=O)C1(C)C. The molecule has 1 saturated heterocycles. The van der Waals surface area contributed by atoms with Crippen LogP contribution in [0.2, 0.25) is 0 Å². The van der Waals surface area contributed by atoms with Gasteiger partial charge in [-0.25, -0.2) is 0 Å². The number of nitrogens with one attached hydrogen (secondary N) is 2. The van der Waals surface area contributed by atoms with Crippen molar-refractivity contribution in [1.82, 2.24) is 15.5 Å². The Morgan fingerprint density at radius 1 is 1.64 bits per heavy atom. The van der Waals surface area contributed by atoms with Gasteiger partial charge in [-0.05, 0) is 20.9 Å². The Balaban J connectivity index is 2.76. The molecule has 1 aliphatic heterocycles. The quantitative estimate of drug-likeness (QED) is 0.596. The number of rotatable bonds is 2. The highest BCUT2D eigenvalue weighted by Crippen LogP contribution is 2.17. The number of hydrogen-bond donors (Lipinski definition) is 2. The van der Waals surface area contributed by atoms with E-state index < -0.39 is 5.54 Å². The minimum absolute atomic E-state index is 0.0349. The molecule has 0 bridgehead atoms. The Morgan fingerprint density at radius 3 is 2.86 bits per heavy atom. The maximum absolute atomic E-state index is 11.6. The minimum atomic E-state index is -0.730. The van der Waals surface area contributed by atoms with Gasteiger partial charge in [0.05, 0.1) is 6.54 Å². The summed E-state index contributed by atoms with van der Waals surface area (Å²) in [6.45, 7) is 4.91. The van der Waals surface area contributed by atoms with Crippen LogP contribution < -0.4 is 10.6 Å². The Morgan fingerprint density at radius 2 is 2.29 bits per heavy atom. The zero-order valence-corrected chi connectivity index (χ0v) is 8.89. The summed E-state index contributed by atoms with van der Waals surface area (Å²) in [7, 11) is 1.72. The van der Waals surface area contributed by atoms with Gasteiger partial charge in [0.2, 0.25) is 11.8 Å². The van der Waals surface area contributed by atoms with Crippen LogP contribution in [0.4, 0.5) is 0 Å². The van der Waals surface area contributed by atoms with Gasteiger partial charge >= 0.3 is 0 Å². The molecule has 80 valence electrons. The van der Waals surface area contributed by atoms with Crippen molar-refractivity contribution in [3.63, 3.8) is 0 Å². The molecule has 1 rings (SSSR count). The van der Waals surface area contributed by atoms with Crippen LogP contribution in [0.15, 0.2) is 0 Å². The van der Waals surface area contributed by atoms with Crippen molar-refractivity contribution >= 4 is 11.8 Å². The first kappa shape index (κ1) is 11.0. The van der Waals surface area contributed by atoms with Crippen LogP contribution in [0.25, 0.3) is 0 Å². The van der Waals surface area contributed by atoms with Crippen LogP contribution in [-0.4, -0.2) is 48.9 Å². The molecule has 1 heterocycles. The second-order valence-corrected chi connectivity index (χ2v) is 3.89. The Kier molecular flexibility index (Phi) is 3.10. The molecule has 0 aromatic rings. The Labute approximate surface area is 83.8 Å². The summed E-state index contributed by atoms with van der Waals surface area (Å²) in [5, 5.41) is 5.54. The topological polar surface area (TPSA) is 61.4 Å². The van der Waals surface area contributed by atoms with E-state index in [-0.39, 0.29) is 18.4 Å². The molecule has 0 aliphatic carbocycles. The second kappa shape index (κ2) is 3.96. The van der Waals surface area contributed by atoms with Crippen molar-refractivity contribution in [1.29, 1.82) is 0 Å². The molecule has 5 heteroatoms. The average Bonchev–Trinajstić information content (AvgIpc) is 2.10.